The minimum Gasteiger partial charge on any atom is -0.338 e. The fourth-order valence-corrected chi connectivity index (χ4v) is 1.62. The minimum absolute atomic E-state index is 0.279. The molecular formula is C9H14N4O3S. The van der Waals surface area contributed by atoms with Crippen molar-refractivity contribution in [3.63, 3.8) is 0 Å². The highest BCUT2D eigenvalue weighted by Crippen LogP contribution is 2.15. The van der Waals surface area contributed by atoms with E-state index < -0.39 is 10.2 Å². The molecule has 0 saturated carbocycles. The lowest BCUT2D eigenvalue weighted by atomic mass is 10.3. The van der Waals surface area contributed by atoms with E-state index in [2.05, 4.69) is 15.4 Å². The SMILES string of the molecule is CCNC(=O)Nc1cccc(NS(N)(=O)=O)c1. The van der Waals surface area contributed by atoms with Gasteiger partial charge in [-0.3, -0.25) is 4.72 Å². The van der Waals surface area contributed by atoms with Crippen LogP contribution < -0.4 is 20.5 Å². The molecule has 0 bridgehead atoms. The van der Waals surface area contributed by atoms with Gasteiger partial charge in [0.15, 0.2) is 0 Å². The van der Waals surface area contributed by atoms with Gasteiger partial charge in [0.1, 0.15) is 0 Å². The van der Waals surface area contributed by atoms with Crippen LogP contribution in [0.25, 0.3) is 0 Å². The van der Waals surface area contributed by atoms with E-state index in [0.29, 0.717) is 12.2 Å². The summed E-state index contributed by atoms with van der Waals surface area (Å²) in [5, 5.41) is 9.92. The molecule has 1 aromatic rings. The van der Waals surface area contributed by atoms with Crippen molar-refractivity contribution in [2.75, 3.05) is 16.6 Å². The molecule has 0 aliphatic heterocycles. The van der Waals surface area contributed by atoms with Crippen LogP contribution in [0.1, 0.15) is 6.92 Å². The van der Waals surface area contributed by atoms with Gasteiger partial charge in [-0.15, -0.1) is 0 Å². The van der Waals surface area contributed by atoms with Gasteiger partial charge in [-0.05, 0) is 25.1 Å². The van der Waals surface area contributed by atoms with Gasteiger partial charge in [-0.25, -0.2) is 9.93 Å². The molecule has 0 aromatic heterocycles. The largest absolute Gasteiger partial charge is 0.338 e. The zero-order chi connectivity index (χ0) is 12.9. The summed E-state index contributed by atoms with van der Waals surface area (Å²) in [6.45, 7) is 2.29. The number of urea groups is 1. The molecule has 0 radical (unpaired) electrons. The van der Waals surface area contributed by atoms with Crippen molar-refractivity contribution in [2.45, 2.75) is 6.92 Å². The molecule has 0 fully saturated rings. The highest BCUT2D eigenvalue weighted by Gasteiger charge is 2.04. The van der Waals surface area contributed by atoms with E-state index in [1.807, 2.05) is 0 Å². The maximum Gasteiger partial charge on any atom is 0.319 e. The van der Waals surface area contributed by atoms with Crippen LogP contribution >= 0.6 is 0 Å². The number of amides is 2. The van der Waals surface area contributed by atoms with Crippen LogP contribution in [-0.4, -0.2) is 21.0 Å². The van der Waals surface area contributed by atoms with Crippen molar-refractivity contribution in [1.29, 1.82) is 0 Å². The molecule has 0 aliphatic carbocycles. The Bertz CT molecular complexity index is 501. The Hall–Kier alpha value is -1.80. The van der Waals surface area contributed by atoms with E-state index in [9.17, 15) is 13.2 Å². The van der Waals surface area contributed by atoms with Crippen LogP contribution in [0.3, 0.4) is 0 Å². The number of rotatable bonds is 4. The third-order valence-corrected chi connectivity index (χ3v) is 2.24. The maximum atomic E-state index is 11.2. The molecule has 1 rings (SSSR count). The van der Waals surface area contributed by atoms with Gasteiger partial charge >= 0.3 is 6.03 Å². The van der Waals surface area contributed by atoms with Gasteiger partial charge in [0.05, 0.1) is 5.69 Å². The molecule has 0 unspecified atom stereocenters. The Kier molecular flexibility index (Phi) is 4.30. The first-order valence-corrected chi connectivity index (χ1v) is 6.41. The molecule has 0 saturated heterocycles. The average molecular weight is 258 g/mol. The van der Waals surface area contributed by atoms with Gasteiger partial charge in [-0.1, -0.05) is 6.07 Å². The molecule has 0 atom stereocenters. The topological polar surface area (TPSA) is 113 Å². The lowest BCUT2D eigenvalue weighted by molar-refractivity contribution is 0.252. The van der Waals surface area contributed by atoms with Gasteiger partial charge in [0, 0.05) is 12.2 Å². The molecular weight excluding hydrogens is 244 g/mol. The molecule has 7 nitrogen and oxygen atoms in total. The summed E-state index contributed by atoms with van der Waals surface area (Å²) in [6, 6.07) is 5.84. The second kappa shape index (κ2) is 5.51. The molecule has 0 aliphatic rings. The van der Waals surface area contributed by atoms with Crippen LogP contribution in [0.2, 0.25) is 0 Å². The molecule has 94 valence electrons. The van der Waals surface area contributed by atoms with Crippen LogP contribution in [0, 0.1) is 0 Å². The highest BCUT2D eigenvalue weighted by molar-refractivity contribution is 7.90. The van der Waals surface area contributed by atoms with Crippen LogP contribution in [0.15, 0.2) is 24.3 Å². The smallest absolute Gasteiger partial charge is 0.319 e. The van der Waals surface area contributed by atoms with E-state index >= 15 is 0 Å². The Morgan fingerprint density at radius 1 is 1.35 bits per heavy atom. The summed E-state index contributed by atoms with van der Waals surface area (Å²) >= 11 is 0. The van der Waals surface area contributed by atoms with Gasteiger partial charge < -0.3 is 10.6 Å². The quantitative estimate of drug-likeness (QED) is 0.628. The second-order valence-corrected chi connectivity index (χ2v) is 4.51. The van der Waals surface area contributed by atoms with Crippen molar-refractivity contribution < 1.29 is 13.2 Å². The van der Waals surface area contributed by atoms with E-state index in [-0.39, 0.29) is 11.7 Å². The summed E-state index contributed by atoms with van der Waals surface area (Å²) in [5.74, 6) is 0. The lowest BCUT2D eigenvalue weighted by Gasteiger charge is -2.08. The first-order valence-electron chi connectivity index (χ1n) is 4.86. The number of carbonyl (C=O) groups excluding carboxylic acids is 1. The van der Waals surface area contributed by atoms with Crippen molar-refractivity contribution in [1.82, 2.24) is 5.32 Å². The number of hydrogen-bond acceptors (Lipinski definition) is 3. The van der Waals surface area contributed by atoms with Crippen molar-refractivity contribution >= 4 is 27.6 Å². The Morgan fingerprint density at radius 3 is 2.59 bits per heavy atom. The zero-order valence-corrected chi connectivity index (χ0v) is 10.0. The predicted molar refractivity (Wildman–Crippen MR) is 65.9 cm³/mol. The van der Waals surface area contributed by atoms with Crippen LogP contribution in [0.4, 0.5) is 16.2 Å². The normalized spacial score (nSPS) is 10.7. The molecule has 1 aromatic carbocycles. The third kappa shape index (κ3) is 5.18. The molecule has 5 N–H and O–H groups in total. The van der Waals surface area contributed by atoms with Gasteiger partial charge in [0.25, 0.3) is 10.2 Å². The predicted octanol–water partition coefficient (Wildman–Crippen LogP) is 0.443. The monoisotopic (exact) mass is 258 g/mol. The van der Waals surface area contributed by atoms with Crippen LogP contribution in [0.5, 0.6) is 0 Å². The minimum atomic E-state index is -3.81. The molecule has 8 heteroatoms. The number of carbonyl (C=O) groups is 1. The standard InChI is InChI=1S/C9H14N4O3S/c1-2-11-9(14)12-7-4-3-5-8(6-7)13-17(10,15)16/h3-6,13H,2H2,1H3,(H2,10,15,16)(H2,11,12,14). The molecule has 0 spiro atoms. The summed E-state index contributed by atoms with van der Waals surface area (Å²) in [5.41, 5.74) is 0.742. The fourth-order valence-electron chi connectivity index (χ4n) is 1.16. The van der Waals surface area contributed by atoms with Crippen molar-refractivity contribution in [3.8, 4) is 0 Å². The number of hydrogen-bond donors (Lipinski definition) is 4. The number of anilines is 2. The molecule has 2 amide bonds. The van der Waals surface area contributed by atoms with Crippen LogP contribution in [-0.2, 0) is 10.2 Å². The Morgan fingerprint density at radius 2 is 2.00 bits per heavy atom. The first-order chi connectivity index (χ1) is 7.90. The summed E-state index contributed by atoms with van der Waals surface area (Å²) in [6.07, 6.45) is 0. The summed E-state index contributed by atoms with van der Waals surface area (Å²) < 4.78 is 23.7. The van der Waals surface area contributed by atoms with Crippen molar-refractivity contribution in [2.24, 2.45) is 5.14 Å². The zero-order valence-electron chi connectivity index (χ0n) is 9.23. The highest BCUT2D eigenvalue weighted by atomic mass is 32.2. The molecule has 17 heavy (non-hydrogen) atoms. The Balaban J connectivity index is 2.76. The summed E-state index contributed by atoms with van der Waals surface area (Å²) in [4.78, 5) is 11.2. The number of nitrogens with one attached hydrogen (secondary N) is 3. The fraction of sp³-hybridized carbons (Fsp3) is 0.222. The van der Waals surface area contributed by atoms with E-state index in [0.717, 1.165) is 0 Å². The first kappa shape index (κ1) is 13.3. The Labute approximate surface area is 99.6 Å². The second-order valence-electron chi connectivity index (χ2n) is 3.21. The maximum absolute atomic E-state index is 11.2. The lowest BCUT2D eigenvalue weighted by Crippen LogP contribution is -2.28. The average Bonchev–Trinajstić information content (AvgIpc) is 2.15. The van der Waals surface area contributed by atoms with E-state index in [1.165, 1.54) is 12.1 Å². The van der Waals surface area contributed by atoms with Gasteiger partial charge in [-0.2, -0.15) is 8.42 Å². The summed E-state index contributed by atoms with van der Waals surface area (Å²) in [7, 11) is -3.81. The van der Waals surface area contributed by atoms with Crippen molar-refractivity contribution in [3.05, 3.63) is 24.3 Å². The van der Waals surface area contributed by atoms with Gasteiger partial charge in [0.2, 0.25) is 0 Å². The third-order valence-electron chi connectivity index (χ3n) is 1.72. The number of nitrogens with two attached hydrogens (primary N) is 1. The van der Waals surface area contributed by atoms with E-state index in [4.69, 9.17) is 5.14 Å². The van der Waals surface area contributed by atoms with E-state index in [1.54, 1.807) is 19.1 Å². The number of benzene rings is 1. The molecule has 0 heterocycles.